The summed E-state index contributed by atoms with van der Waals surface area (Å²) in [7, 11) is -9.25. The predicted molar refractivity (Wildman–Crippen MR) is 38.0 cm³/mol. The predicted octanol–water partition coefficient (Wildman–Crippen LogP) is -6.58. The van der Waals surface area contributed by atoms with Gasteiger partial charge in [-0.3, -0.25) is 0 Å². The van der Waals surface area contributed by atoms with Crippen LogP contribution in [0.4, 0.5) is 0 Å². The second kappa shape index (κ2) is 9.96. The molecule has 0 aromatic rings. The van der Waals surface area contributed by atoms with Gasteiger partial charge < -0.3 is 38.1 Å². The van der Waals surface area contributed by atoms with Crippen molar-refractivity contribution in [1.29, 1.82) is 0 Å². The normalized spacial score (nSPS) is 9.92. The average Bonchev–Trinajstić information content (AvgIpc) is 1.12. The second-order valence-electron chi connectivity index (χ2n) is 1.11. The van der Waals surface area contributed by atoms with Crippen LogP contribution < -0.4 is 29.6 Å². The van der Waals surface area contributed by atoms with Crippen molar-refractivity contribution in [2.45, 2.75) is 0 Å². The summed E-state index contributed by atoms with van der Waals surface area (Å²) in [5, 5.41) is 0. The molecule has 0 aromatic heterocycles. The summed E-state index contributed by atoms with van der Waals surface area (Å²) in [6.45, 7) is 0. The topological polar surface area (TPSA) is 159 Å². The van der Waals surface area contributed by atoms with E-state index in [1.54, 1.807) is 0 Å². The van der Waals surface area contributed by atoms with Crippen LogP contribution in [0, 0.1) is 0 Å². The SMILES string of the molecule is O=P(O)(O)O.O[Si](O)(O)O.[Ca+2].[H-].[H-].[H-].[Na+]. The third-order valence-corrected chi connectivity index (χ3v) is 0. The van der Waals surface area contributed by atoms with Gasteiger partial charge in [0.2, 0.25) is 0 Å². The molecule has 0 unspecified atom stereocenters. The Morgan fingerprint density at radius 3 is 1.00 bits per heavy atom. The third-order valence-electron chi connectivity index (χ3n) is 0. The van der Waals surface area contributed by atoms with E-state index >= 15 is 0 Å². The second-order valence-corrected chi connectivity index (χ2v) is 3.34. The van der Waals surface area contributed by atoms with Crippen molar-refractivity contribution in [2.75, 3.05) is 0 Å². The molecule has 0 aliphatic rings. The van der Waals surface area contributed by atoms with Gasteiger partial charge in [-0.2, -0.15) is 0 Å². The molecule has 70 valence electrons. The summed E-state index contributed by atoms with van der Waals surface area (Å²) in [6.07, 6.45) is 0. The first kappa shape index (κ1) is 23.9. The summed E-state index contributed by atoms with van der Waals surface area (Å²) in [5.41, 5.74) is 0. The van der Waals surface area contributed by atoms with Crippen LogP contribution in [-0.2, 0) is 4.57 Å². The van der Waals surface area contributed by atoms with Gasteiger partial charge in [-0.1, -0.05) is 0 Å². The average molecular weight is 260 g/mol. The monoisotopic (exact) mass is 260 g/mol. The van der Waals surface area contributed by atoms with Gasteiger partial charge >= 0.3 is 84.2 Å². The number of phosphoric acid groups is 1. The van der Waals surface area contributed by atoms with Gasteiger partial charge in [-0.05, 0) is 0 Å². The van der Waals surface area contributed by atoms with Crippen LogP contribution in [0.25, 0.3) is 0 Å². The van der Waals surface area contributed by atoms with E-state index in [0.717, 1.165) is 0 Å². The molecule has 0 saturated heterocycles. The number of rotatable bonds is 0. The van der Waals surface area contributed by atoms with Crippen LogP contribution in [0.15, 0.2) is 0 Å². The molecule has 0 aromatic carbocycles. The Balaban J connectivity index is -0.0000000128. The molecule has 12 heavy (non-hydrogen) atoms. The molecule has 0 heterocycles. The van der Waals surface area contributed by atoms with E-state index in [2.05, 4.69) is 0 Å². The number of hydrogen-bond acceptors (Lipinski definition) is 5. The fourth-order valence-electron chi connectivity index (χ4n) is 0. The largest absolute Gasteiger partial charge is 2.00 e. The molecule has 0 saturated carbocycles. The molecule has 8 nitrogen and oxygen atoms in total. The van der Waals surface area contributed by atoms with Crippen LogP contribution in [0.1, 0.15) is 4.28 Å². The van der Waals surface area contributed by atoms with Gasteiger partial charge in [0, 0.05) is 0 Å². The van der Waals surface area contributed by atoms with Gasteiger partial charge in [-0.25, -0.2) is 4.57 Å². The van der Waals surface area contributed by atoms with Crippen molar-refractivity contribution in [1.82, 2.24) is 0 Å². The summed E-state index contributed by atoms with van der Waals surface area (Å²) in [6, 6.07) is 0. The van der Waals surface area contributed by atoms with E-state index in [1.807, 2.05) is 0 Å². The van der Waals surface area contributed by atoms with Crippen molar-refractivity contribution >= 4 is 54.6 Å². The van der Waals surface area contributed by atoms with Gasteiger partial charge in [0.15, 0.2) is 0 Å². The Morgan fingerprint density at radius 2 is 1.00 bits per heavy atom. The summed E-state index contributed by atoms with van der Waals surface area (Å²) in [4.78, 5) is 50.9. The third kappa shape index (κ3) is 276. The maximum absolute atomic E-state index is 8.88. The number of hydrogen-bond donors (Lipinski definition) is 7. The Labute approximate surface area is 125 Å². The molecule has 0 bridgehead atoms. The maximum atomic E-state index is 8.88. The van der Waals surface area contributed by atoms with Crippen molar-refractivity contribution < 1.29 is 72.3 Å². The zero-order valence-electron chi connectivity index (χ0n) is 9.19. The van der Waals surface area contributed by atoms with E-state index in [0.29, 0.717) is 0 Å². The minimum absolute atomic E-state index is 0. The Morgan fingerprint density at radius 1 is 1.00 bits per heavy atom. The molecule has 0 aliphatic carbocycles. The van der Waals surface area contributed by atoms with Crippen LogP contribution in [0.2, 0.25) is 0 Å². The van der Waals surface area contributed by atoms with E-state index in [9.17, 15) is 0 Å². The van der Waals surface area contributed by atoms with Crippen LogP contribution in [0.5, 0.6) is 0 Å². The molecule has 0 fully saturated rings. The van der Waals surface area contributed by atoms with E-state index in [-0.39, 0.29) is 71.6 Å². The standard InChI is InChI=1S/Ca.Na.H3O4P.H4O4Si.3H/c;;2*1-5(2,3)4;;;/h;;(H3,1,2,3,4);1-4H;;;/q+2;+1;;;3*-1. The van der Waals surface area contributed by atoms with E-state index in [1.165, 1.54) is 0 Å². The first-order valence-electron chi connectivity index (χ1n) is 1.68. The first-order chi connectivity index (χ1) is 4.00. The van der Waals surface area contributed by atoms with Gasteiger partial charge in [0.05, 0.1) is 0 Å². The van der Waals surface area contributed by atoms with Crippen LogP contribution in [-0.4, -0.2) is 80.6 Å². The van der Waals surface area contributed by atoms with Crippen LogP contribution >= 0.6 is 7.82 Å². The van der Waals surface area contributed by atoms with Gasteiger partial charge in [-0.15, -0.1) is 0 Å². The minimum Gasteiger partial charge on any atom is -1.00 e. The molecule has 0 rings (SSSR count). The molecule has 0 atom stereocenters. The molecule has 7 N–H and O–H groups in total. The van der Waals surface area contributed by atoms with Gasteiger partial charge in [0.1, 0.15) is 0 Å². The zero-order valence-corrected chi connectivity index (χ0v) is 12.3. The van der Waals surface area contributed by atoms with Crippen LogP contribution in [0.3, 0.4) is 0 Å². The molecule has 0 radical (unpaired) electrons. The van der Waals surface area contributed by atoms with Crippen molar-refractivity contribution in [3.05, 3.63) is 0 Å². The Hall–Kier alpha value is 2.43. The Bertz CT molecular complexity index is 122. The fourth-order valence-corrected chi connectivity index (χ4v) is 0. The maximum Gasteiger partial charge on any atom is 2.00 e. The van der Waals surface area contributed by atoms with Crippen molar-refractivity contribution in [2.24, 2.45) is 0 Å². The van der Waals surface area contributed by atoms with Crippen molar-refractivity contribution in [3.8, 4) is 0 Å². The molecule has 0 spiro atoms. The molecular weight excluding hydrogens is 250 g/mol. The molecule has 0 aliphatic heterocycles. The van der Waals surface area contributed by atoms with Gasteiger partial charge in [0.25, 0.3) is 0 Å². The van der Waals surface area contributed by atoms with E-state index in [4.69, 9.17) is 38.4 Å². The Kier molecular flexibility index (Phi) is 19.9. The van der Waals surface area contributed by atoms with Crippen molar-refractivity contribution in [3.63, 3.8) is 0 Å². The minimum atomic E-state index is -4.64. The smallest absolute Gasteiger partial charge is 1.00 e. The summed E-state index contributed by atoms with van der Waals surface area (Å²) < 4.78 is 8.88. The zero-order chi connectivity index (χ0) is 9.00. The fraction of sp³-hybridized carbons (Fsp3) is 0. The first-order valence-corrected chi connectivity index (χ1v) is 5.03. The molecule has 12 heteroatoms. The quantitative estimate of drug-likeness (QED) is 0.167. The molecular formula is H10CaNaO8PSi. The van der Waals surface area contributed by atoms with E-state index < -0.39 is 16.9 Å². The summed E-state index contributed by atoms with van der Waals surface area (Å²) >= 11 is 0. The molecule has 0 amide bonds. The summed E-state index contributed by atoms with van der Waals surface area (Å²) in [5.74, 6) is 0.